The predicted octanol–water partition coefficient (Wildman–Crippen LogP) is 2.92. The van der Waals surface area contributed by atoms with Gasteiger partial charge in [-0.25, -0.2) is 14.7 Å². The Balaban J connectivity index is 2.01. The molecule has 3 amide bonds. The molecule has 2 aliphatic heterocycles. The summed E-state index contributed by atoms with van der Waals surface area (Å²) in [4.78, 5) is 32.5. The minimum atomic E-state index is -0.335. The molecule has 2 unspecified atom stereocenters. The number of imide groups is 1. The van der Waals surface area contributed by atoms with Gasteiger partial charge in [0.1, 0.15) is 11.9 Å². The maximum absolute atomic E-state index is 12.6. The van der Waals surface area contributed by atoms with Crippen molar-refractivity contribution in [3.05, 3.63) is 22.3 Å². The van der Waals surface area contributed by atoms with Gasteiger partial charge >= 0.3 is 6.03 Å². The summed E-state index contributed by atoms with van der Waals surface area (Å²) in [5.74, 6) is 0.710. The average molecular weight is 308 g/mol. The SMILES string of the molecule is Cc1cc(Cl)c(C)nc1N1C(=O)C2CC(C)CCN2C1=O. The molecule has 1 aromatic rings. The maximum atomic E-state index is 12.6. The minimum Gasteiger partial charge on any atom is -0.312 e. The Morgan fingerprint density at radius 1 is 1.33 bits per heavy atom. The largest absolute Gasteiger partial charge is 0.333 e. The Hall–Kier alpha value is -1.62. The van der Waals surface area contributed by atoms with Gasteiger partial charge in [-0.1, -0.05) is 18.5 Å². The normalized spacial score (nSPS) is 25.5. The number of hydrogen-bond donors (Lipinski definition) is 0. The summed E-state index contributed by atoms with van der Waals surface area (Å²) in [6.45, 7) is 6.34. The fourth-order valence-electron chi connectivity index (χ4n) is 3.06. The molecule has 2 fully saturated rings. The highest BCUT2D eigenvalue weighted by Crippen LogP contribution is 2.34. The van der Waals surface area contributed by atoms with Crippen LogP contribution in [0.15, 0.2) is 6.07 Å². The Morgan fingerprint density at radius 3 is 2.76 bits per heavy atom. The molecule has 2 aliphatic rings. The lowest BCUT2D eigenvalue weighted by molar-refractivity contribution is -0.120. The number of hydrogen-bond acceptors (Lipinski definition) is 3. The molecule has 0 aliphatic carbocycles. The van der Waals surface area contributed by atoms with E-state index < -0.39 is 0 Å². The van der Waals surface area contributed by atoms with Gasteiger partial charge in [0.05, 0.1) is 10.7 Å². The molecule has 0 spiro atoms. The van der Waals surface area contributed by atoms with E-state index in [-0.39, 0.29) is 18.0 Å². The first-order valence-corrected chi connectivity index (χ1v) is 7.56. The second-order valence-electron chi connectivity index (χ2n) is 5.99. The number of rotatable bonds is 1. The van der Waals surface area contributed by atoms with Crippen molar-refractivity contribution in [1.82, 2.24) is 9.88 Å². The van der Waals surface area contributed by atoms with Gasteiger partial charge in [-0.15, -0.1) is 0 Å². The Morgan fingerprint density at radius 2 is 2.05 bits per heavy atom. The highest BCUT2D eigenvalue weighted by molar-refractivity contribution is 6.31. The zero-order chi connectivity index (χ0) is 15.3. The summed E-state index contributed by atoms with van der Waals surface area (Å²) in [6.07, 6.45) is 1.67. The third kappa shape index (κ3) is 2.20. The molecule has 1 aromatic heterocycles. The molecule has 0 N–H and O–H groups in total. The summed E-state index contributed by atoms with van der Waals surface area (Å²) < 4.78 is 0. The molecule has 112 valence electrons. The number of carbonyl (C=O) groups is 2. The van der Waals surface area contributed by atoms with Crippen LogP contribution in [-0.4, -0.2) is 34.4 Å². The number of anilines is 1. The van der Waals surface area contributed by atoms with E-state index in [4.69, 9.17) is 11.6 Å². The number of fused-ring (bicyclic) bond motifs is 1. The van der Waals surface area contributed by atoms with Crippen molar-refractivity contribution in [2.24, 2.45) is 5.92 Å². The molecular weight excluding hydrogens is 290 g/mol. The zero-order valence-corrected chi connectivity index (χ0v) is 13.1. The number of pyridine rings is 1. The van der Waals surface area contributed by atoms with Crippen molar-refractivity contribution in [2.45, 2.75) is 39.7 Å². The maximum Gasteiger partial charge on any atom is 0.333 e. The summed E-state index contributed by atoms with van der Waals surface area (Å²) in [5.41, 5.74) is 1.36. The fraction of sp³-hybridized carbons (Fsp3) is 0.533. The summed E-state index contributed by atoms with van der Waals surface area (Å²) in [6, 6.07) is 1.16. The number of nitrogens with zero attached hydrogens (tertiary/aromatic N) is 3. The molecule has 2 atom stereocenters. The Labute approximate surface area is 128 Å². The lowest BCUT2D eigenvalue weighted by Gasteiger charge is -2.30. The smallest absolute Gasteiger partial charge is 0.312 e. The van der Waals surface area contributed by atoms with E-state index in [0.29, 0.717) is 29.0 Å². The zero-order valence-electron chi connectivity index (χ0n) is 12.4. The quantitative estimate of drug-likeness (QED) is 0.750. The van der Waals surface area contributed by atoms with Crippen LogP contribution in [0.3, 0.4) is 0 Å². The van der Waals surface area contributed by atoms with Gasteiger partial charge in [-0.3, -0.25) is 4.79 Å². The lowest BCUT2D eigenvalue weighted by atomic mass is 9.93. The molecular formula is C15H18ClN3O2. The second kappa shape index (κ2) is 4.98. The highest BCUT2D eigenvalue weighted by Gasteiger charge is 2.48. The Kier molecular flexibility index (Phi) is 3.40. The van der Waals surface area contributed by atoms with E-state index in [1.165, 1.54) is 4.90 Å². The number of aryl methyl sites for hydroxylation is 2. The first-order valence-electron chi connectivity index (χ1n) is 7.18. The number of aromatic nitrogens is 1. The van der Waals surface area contributed by atoms with E-state index in [1.807, 2.05) is 6.92 Å². The van der Waals surface area contributed by atoms with E-state index in [0.717, 1.165) is 18.4 Å². The highest BCUT2D eigenvalue weighted by atomic mass is 35.5. The molecule has 0 aromatic carbocycles. The van der Waals surface area contributed by atoms with Gasteiger partial charge in [-0.05, 0) is 44.2 Å². The molecule has 6 heteroatoms. The number of piperidine rings is 1. The third-order valence-corrected chi connectivity index (χ3v) is 4.72. The number of carbonyl (C=O) groups excluding carboxylic acids is 2. The van der Waals surface area contributed by atoms with Gasteiger partial charge in [0.2, 0.25) is 0 Å². The molecule has 3 heterocycles. The van der Waals surface area contributed by atoms with Crippen molar-refractivity contribution in [1.29, 1.82) is 0 Å². The molecule has 0 saturated carbocycles. The summed E-state index contributed by atoms with van der Waals surface area (Å²) in [7, 11) is 0. The van der Waals surface area contributed by atoms with Gasteiger partial charge in [0, 0.05) is 6.54 Å². The number of halogens is 1. The first kappa shape index (κ1) is 14.3. The Bertz CT molecular complexity index is 632. The van der Waals surface area contributed by atoms with E-state index in [9.17, 15) is 9.59 Å². The van der Waals surface area contributed by atoms with Crippen molar-refractivity contribution < 1.29 is 9.59 Å². The molecule has 0 radical (unpaired) electrons. The second-order valence-corrected chi connectivity index (χ2v) is 6.40. The van der Waals surface area contributed by atoms with Gasteiger partial charge in [0.25, 0.3) is 5.91 Å². The van der Waals surface area contributed by atoms with Crippen LogP contribution in [0.4, 0.5) is 10.6 Å². The monoisotopic (exact) mass is 307 g/mol. The van der Waals surface area contributed by atoms with Crippen LogP contribution in [0.1, 0.15) is 31.0 Å². The molecule has 2 saturated heterocycles. The third-order valence-electron chi connectivity index (χ3n) is 4.33. The first-order chi connectivity index (χ1) is 9.90. The predicted molar refractivity (Wildman–Crippen MR) is 80.5 cm³/mol. The topological polar surface area (TPSA) is 53.5 Å². The van der Waals surface area contributed by atoms with E-state index in [1.54, 1.807) is 17.9 Å². The molecule has 21 heavy (non-hydrogen) atoms. The fourth-order valence-corrected chi connectivity index (χ4v) is 3.26. The van der Waals surface area contributed by atoms with Crippen LogP contribution in [-0.2, 0) is 4.79 Å². The lowest BCUT2D eigenvalue weighted by Crippen LogP contribution is -2.41. The standard InChI is InChI=1S/C15H18ClN3O2/c1-8-4-5-18-12(6-8)14(20)19(15(18)21)13-9(2)7-11(16)10(3)17-13/h7-8,12H,4-6H2,1-3H3. The molecule has 0 bridgehead atoms. The van der Waals surface area contributed by atoms with Crippen LogP contribution >= 0.6 is 11.6 Å². The summed E-state index contributed by atoms with van der Waals surface area (Å²) >= 11 is 6.05. The van der Waals surface area contributed by atoms with Crippen LogP contribution < -0.4 is 4.90 Å². The van der Waals surface area contributed by atoms with Crippen molar-refractivity contribution in [2.75, 3.05) is 11.4 Å². The minimum absolute atomic E-state index is 0.163. The van der Waals surface area contributed by atoms with Gasteiger partial charge in [0.15, 0.2) is 0 Å². The number of urea groups is 1. The van der Waals surface area contributed by atoms with Crippen LogP contribution in [0.25, 0.3) is 0 Å². The van der Waals surface area contributed by atoms with Crippen molar-refractivity contribution in [3.8, 4) is 0 Å². The van der Waals surface area contributed by atoms with Gasteiger partial charge < -0.3 is 4.90 Å². The van der Waals surface area contributed by atoms with Gasteiger partial charge in [-0.2, -0.15) is 0 Å². The average Bonchev–Trinajstić information content (AvgIpc) is 2.66. The molecule has 5 nitrogen and oxygen atoms in total. The van der Waals surface area contributed by atoms with Crippen LogP contribution in [0.5, 0.6) is 0 Å². The van der Waals surface area contributed by atoms with Crippen molar-refractivity contribution >= 4 is 29.4 Å². The van der Waals surface area contributed by atoms with E-state index in [2.05, 4.69) is 11.9 Å². The summed E-state index contributed by atoms with van der Waals surface area (Å²) in [5, 5.41) is 0.543. The van der Waals surface area contributed by atoms with Crippen molar-refractivity contribution in [3.63, 3.8) is 0 Å². The van der Waals surface area contributed by atoms with E-state index >= 15 is 0 Å². The van der Waals surface area contributed by atoms with Crippen LogP contribution in [0.2, 0.25) is 5.02 Å². The number of amides is 3. The molecule has 3 rings (SSSR count). The van der Waals surface area contributed by atoms with Crippen LogP contribution in [0, 0.1) is 19.8 Å².